The van der Waals surface area contributed by atoms with Gasteiger partial charge >= 0.3 is 5.97 Å². The molecule has 3 heterocycles. The quantitative estimate of drug-likeness (QED) is 0.589. The number of carbonyl (C=O) groups excluding carboxylic acids is 1. The van der Waals surface area contributed by atoms with Crippen LogP contribution in [0.1, 0.15) is 24.5 Å². The van der Waals surface area contributed by atoms with Crippen LogP contribution in [-0.4, -0.2) is 58.0 Å². The van der Waals surface area contributed by atoms with E-state index in [4.69, 9.17) is 24.7 Å². The van der Waals surface area contributed by atoms with Crippen molar-refractivity contribution in [3.05, 3.63) is 51.9 Å². The molecule has 2 unspecified atom stereocenters. The summed E-state index contributed by atoms with van der Waals surface area (Å²) < 4.78 is 22.8. The predicted octanol–water partition coefficient (Wildman–Crippen LogP) is 0.496. The first-order chi connectivity index (χ1) is 14.8. The molecule has 5 atom stereocenters. The van der Waals surface area contributed by atoms with Crippen LogP contribution in [0.2, 0.25) is 0 Å². The highest BCUT2D eigenvalue weighted by molar-refractivity contribution is 5.96. The molecule has 2 aliphatic rings. The lowest BCUT2D eigenvalue weighted by molar-refractivity contribution is -0.304. The van der Waals surface area contributed by atoms with Gasteiger partial charge in [-0.2, -0.15) is 0 Å². The third-order valence-corrected chi connectivity index (χ3v) is 4.90. The Bertz CT molecular complexity index is 1060. The lowest BCUT2D eigenvalue weighted by Gasteiger charge is -2.44. The Kier molecular flexibility index (Phi) is 5.83. The van der Waals surface area contributed by atoms with Crippen molar-refractivity contribution in [1.29, 1.82) is 0 Å². The summed E-state index contributed by atoms with van der Waals surface area (Å²) in [5.41, 5.74) is 5.76. The minimum Gasteiger partial charge on any atom is -0.453 e. The number of carbonyl (C=O) groups is 1. The number of nitrogens with two attached hydrogens (primary N) is 1. The number of nitrogen functional groups attached to an aromatic ring is 1. The number of fused-ring (bicyclic) bond motifs is 1. The number of hydrogen-bond donors (Lipinski definition) is 3. The van der Waals surface area contributed by atoms with Gasteiger partial charge in [0.25, 0.3) is 5.56 Å². The van der Waals surface area contributed by atoms with Gasteiger partial charge in [-0.05, 0) is 6.92 Å². The number of rotatable bonds is 3. The van der Waals surface area contributed by atoms with Crippen LogP contribution in [0.25, 0.3) is 0 Å². The molecule has 11 heteroatoms. The predicted molar refractivity (Wildman–Crippen MR) is 108 cm³/mol. The third kappa shape index (κ3) is 4.35. The molecule has 0 saturated carbocycles. The van der Waals surface area contributed by atoms with E-state index >= 15 is 0 Å². The largest absolute Gasteiger partial charge is 0.453 e. The monoisotopic (exact) mass is 430 g/mol. The number of aliphatic hydroxyl groups is 1. The van der Waals surface area contributed by atoms with Gasteiger partial charge in [-0.15, -0.1) is 0 Å². The molecule has 0 amide bonds. The van der Waals surface area contributed by atoms with Crippen molar-refractivity contribution in [3.8, 4) is 0 Å². The lowest BCUT2D eigenvalue weighted by Crippen LogP contribution is -2.61. The molecule has 31 heavy (non-hydrogen) atoms. The zero-order valence-corrected chi connectivity index (χ0v) is 16.8. The Morgan fingerprint density at radius 2 is 2.06 bits per heavy atom. The van der Waals surface area contributed by atoms with E-state index < -0.39 is 42.4 Å². The Labute approximate surface area is 176 Å². The smallest absolute Gasteiger partial charge is 0.303 e. The molecular formula is C20H22N4O7. The standard InChI is InChI=1S/C20H22N4O7/c1-9-13(17(26)24-20(21)22-9)23-14-16(29-10(2)25)15-12(30-18(14)27)8-28-19(31-15)11-6-4-3-5-7-11/h3-7,12,15-16,18-19,27H,8H2,1-2H3,(H3,21,22,24,26)/t12-,15+,16-,18?,19?/m1/s1. The fraction of sp³-hybridized carbons (Fsp3) is 0.400. The lowest BCUT2D eigenvalue weighted by atomic mass is 9.97. The number of benzene rings is 1. The number of nitrogens with zero attached hydrogens (tertiary/aromatic N) is 2. The third-order valence-electron chi connectivity index (χ3n) is 4.90. The van der Waals surface area contributed by atoms with E-state index in [1.165, 1.54) is 6.92 Å². The van der Waals surface area contributed by atoms with Crippen molar-refractivity contribution in [2.75, 3.05) is 12.3 Å². The van der Waals surface area contributed by atoms with E-state index in [1.54, 1.807) is 6.92 Å². The van der Waals surface area contributed by atoms with Gasteiger partial charge in [0, 0.05) is 12.5 Å². The maximum absolute atomic E-state index is 12.3. The number of aromatic amines is 1. The van der Waals surface area contributed by atoms with E-state index in [0.717, 1.165) is 5.56 Å². The van der Waals surface area contributed by atoms with Crippen LogP contribution < -0.4 is 11.3 Å². The zero-order chi connectivity index (χ0) is 22.1. The Hall–Kier alpha value is -3.12. The van der Waals surface area contributed by atoms with Gasteiger partial charge in [0.2, 0.25) is 5.95 Å². The maximum atomic E-state index is 12.3. The first-order valence-corrected chi connectivity index (χ1v) is 9.61. The van der Waals surface area contributed by atoms with Crippen LogP contribution in [0, 0.1) is 6.92 Å². The van der Waals surface area contributed by atoms with Crippen LogP contribution in [0.4, 0.5) is 11.6 Å². The summed E-state index contributed by atoms with van der Waals surface area (Å²) in [6.07, 6.45) is -4.95. The molecule has 0 spiro atoms. The minimum absolute atomic E-state index is 0.0676. The van der Waals surface area contributed by atoms with Crippen molar-refractivity contribution in [1.82, 2.24) is 9.97 Å². The van der Waals surface area contributed by atoms with Crippen molar-refractivity contribution in [3.63, 3.8) is 0 Å². The number of ether oxygens (including phenoxy) is 4. The SMILES string of the molecule is CC(=O)O[C@@H]1C(=Nc2c(C)nc(N)[nH]c2=O)C(O)O[C@@H]2COC(c3ccccc3)O[C@H]12. The molecule has 11 nitrogen and oxygen atoms in total. The summed E-state index contributed by atoms with van der Waals surface area (Å²) in [5, 5.41) is 10.6. The van der Waals surface area contributed by atoms with Crippen molar-refractivity contribution < 1.29 is 28.8 Å². The van der Waals surface area contributed by atoms with Crippen LogP contribution in [-0.2, 0) is 23.7 Å². The maximum Gasteiger partial charge on any atom is 0.303 e. The van der Waals surface area contributed by atoms with Gasteiger partial charge in [0.15, 0.2) is 18.7 Å². The van der Waals surface area contributed by atoms with E-state index in [-0.39, 0.29) is 29.6 Å². The molecule has 0 bridgehead atoms. The second kappa shape index (κ2) is 8.55. The molecule has 0 radical (unpaired) electrons. The molecule has 164 valence electrons. The van der Waals surface area contributed by atoms with Crippen molar-refractivity contribution in [2.24, 2.45) is 4.99 Å². The zero-order valence-electron chi connectivity index (χ0n) is 16.8. The molecule has 0 aliphatic carbocycles. The number of nitrogens with one attached hydrogen (secondary N) is 1. The summed E-state index contributed by atoms with van der Waals surface area (Å²) in [6, 6.07) is 9.22. The summed E-state index contributed by atoms with van der Waals surface area (Å²) in [4.78, 5) is 34.7. The summed E-state index contributed by atoms with van der Waals surface area (Å²) in [5.74, 6) is -0.681. The van der Waals surface area contributed by atoms with E-state index in [0.29, 0.717) is 0 Å². The summed E-state index contributed by atoms with van der Waals surface area (Å²) >= 11 is 0. The van der Waals surface area contributed by atoms with Crippen molar-refractivity contribution in [2.45, 2.75) is 44.7 Å². The molecule has 4 N–H and O–H groups in total. The number of aromatic nitrogens is 2. The molecule has 2 saturated heterocycles. The highest BCUT2D eigenvalue weighted by atomic mass is 16.7. The second-order valence-corrected chi connectivity index (χ2v) is 7.16. The van der Waals surface area contributed by atoms with Gasteiger partial charge in [-0.25, -0.2) is 9.98 Å². The highest BCUT2D eigenvalue weighted by Gasteiger charge is 2.49. The van der Waals surface area contributed by atoms with Gasteiger partial charge < -0.3 is 29.8 Å². The molecule has 2 aliphatic heterocycles. The van der Waals surface area contributed by atoms with Crippen molar-refractivity contribution >= 4 is 23.3 Å². The topological polar surface area (TPSA) is 158 Å². The van der Waals surface area contributed by atoms with Gasteiger partial charge in [-0.3, -0.25) is 14.6 Å². The molecular weight excluding hydrogens is 408 g/mol. The number of aliphatic imine (C=N–C) groups is 1. The van der Waals surface area contributed by atoms with Crippen LogP contribution in [0.3, 0.4) is 0 Å². The number of anilines is 1. The molecule has 4 rings (SSSR count). The number of esters is 1. The van der Waals surface area contributed by atoms with Gasteiger partial charge in [-0.1, -0.05) is 30.3 Å². The van der Waals surface area contributed by atoms with E-state index in [9.17, 15) is 14.7 Å². The molecule has 1 aromatic carbocycles. The number of hydrogen-bond acceptors (Lipinski definition) is 10. The average molecular weight is 430 g/mol. The van der Waals surface area contributed by atoms with Gasteiger partial charge in [0.05, 0.1) is 12.3 Å². The van der Waals surface area contributed by atoms with E-state index in [1.807, 2.05) is 30.3 Å². The van der Waals surface area contributed by atoms with Crippen LogP contribution >= 0.6 is 0 Å². The van der Waals surface area contributed by atoms with E-state index in [2.05, 4.69) is 15.0 Å². The number of aliphatic hydroxyl groups excluding tert-OH is 1. The number of H-pyrrole nitrogens is 1. The Morgan fingerprint density at radius 1 is 1.32 bits per heavy atom. The molecule has 2 aromatic rings. The first kappa shape index (κ1) is 21.1. The average Bonchev–Trinajstić information content (AvgIpc) is 2.72. The summed E-state index contributed by atoms with van der Waals surface area (Å²) in [6.45, 7) is 2.86. The van der Waals surface area contributed by atoms with Crippen LogP contribution in [0.5, 0.6) is 0 Å². The Balaban J connectivity index is 1.72. The Morgan fingerprint density at radius 3 is 2.74 bits per heavy atom. The fourth-order valence-electron chi connectivity index (χ4n) is 3.55. The van der Waals surface area contributed by atoms with Gasteiger partial charge in [0.1, 0.15) is 23.6 Å². The first-order valence-electron chi connectivity index (χ1n) is 9.61. The second-order valence-electron chi connectivity index (χ2n) is 7.16. The summed E-state index contributed by atoms with van der Waals surface area (Å²) in [7, 11) is 0. The highest BCUT2D eigenvalue weighted by Crippen LogP contribution is 2.34. The molecule has 1 aromatic heterocycles. The minimum atomic E-state index is -1.55. The molecule has 2 fully saturated rings. The fourth-order valence-corrected chi connectivity index (χ4v) is 3.55. The van der Waals surface area contributed by atoms with Crippen LogP contribution in [0.15, 0.2) is 40.1 Å². The normalized spacial score (nSPS) is 29.4. The number of aryl methyl sites for hydroxylation is 1.